The van der Waals surface area contributed by atoms with E-state index in [9.17, 15) is 4.79 Å². The van der Waals surface area contributed by atoms with Crippen molar-refractivity contribution in [3.05, 3.63) is 48.0 Å². The molecule has 8 nitrogen and oxygen atoms in total. The smallest absolute Gasteiger partial charge is 0.289 e. The molecule has 0 unspecified atom stereocenters. The lowest BCUT2D eigenvalue weighted by molar-refractivity contribution is 0.0657. The number of amides is 1. The Kier molecular flexibility index (Phi) is 5.73. The Bertz CT molecular complexity index is 752. The lowest BCUT2D eigenvalue weighted by atomic mass is 10.2. The summed E-state index contributed by atoms with van der Waals surface area (Å²) in [7, 11) is 3.36. The molecule has 0 aromatic carbocycles. The highest BCUT2D eigenvalue weighted by Gasteiger charge is 2.25. The highest BCUT2D eigenvalue weighted by Crippen LogP contribution is 2.11. The number of piperazine rings is 1. The first-order valence-electron chi connectivity index (χ1n) is 8.48. The number of rotatable bonds is 4. The Morgan fingerprint density at radius 2 is 2.08 bits per heavy atom. The SMILES string of the molecule is CN=C(NCc1ccnc(OC)c1)N1CCN(C(=O)c2ccco2)CC1. The number of carbonyl (C=O) groups is 1. The Labute approximate surface area is 152 Å². The first kappa shape index (κ1) is 17.8. The van der Waals surface area contributed by atoms with E-state index in [4.69, 9.17) is 9.15 Å². The quantitative estimate of drug-likeness (QED) is 0.654. The van der Waals surface area contributed by atoms with Crippen LogP contribution < -0.4 is 10.1 Å². The summed E-state index contributed by atoms with van der Waals surface area (Å²) in [6.07, 6.45) is 3.24. The summed E-state index contributed by atoms with van der Waals surface area (Å²) in [5.41, 5.74) is 1.06. The number of hydrogen-bond acceptors (Lipinski definition) is 5. The topological polar surface area (TPSA) is 83.2 Å². The molecule has 0 radical (unpaired) electrons. The first-order chi connectivity index (χ1) is 12.7. The molecule has 0 saturated carbocycles. The van der Waals surface area contributed by atoms with Crippen molar-refractivity contribution in [2.24, 2.45) is 4.99 Å². The van der Waals surface area contributed by atoms with Crippen LogP contribution in [-0.4, -0.2) is 67.0 Å². The Morgan fingerprint density at radius 3 is 2.73 bits per heavy atom. The van der Waals surface area contributed by atoms with Crippen LogP contribution >= 0.6 is 0 Å². The second kappa shape index (κ2) is 8.37. The molecule has 1 fully saturated rings. The molecular weight excluding hydrogens is 334 g/mol. The number of pyridine rings is 1. The molecule has 1 N–H and O–H groups in total. The van der Waals surface area contributed by atoms with Crippen LogP contribution in [0, 0.1) is 0 Å². The molecule has 1 aliphatic rings. The van der Waals surface area contributed by atoms with Crippen molar-refractivity contribution >= 4 is 11.9 Å². The van der Waals surface area contributed by atoms with Gasteiger partial charge in [0.1, 0.15) is 0 Å². The van der Waals surface area contributed by atoms with Gasteiger partial charge in [0.25, 0.3) is 5.91 Å². The highest BCUT2D eigenvalue weighted by molar-refractivity contribution is 5.91. The van der Waals surface area contributed by atoms with E-state index in [1.54, 1.807) is 37.4 Å². The number of aromatic nitrogens is 1. The van der Waals surface area contributed by atoms with E-state index in [0.29, 0.717) is 44.4 Å². The number of nitrogens with one attached hydrogen (secondary N) is 1. The molecule has 1 amide bonds. The van der Waals surface area contributed by atoms with Crippen molar-refractivity contribution < 1.29 is 13.9 Å². The summed E-state index contributed by atoms with van der Waals surface area (Å²) >= 11 is 0. The van der Waals surface area contributed by atoms with Gasteiger partial charge in [-0.15, -0.1) is 0 Å². The maximum absolute atomic E-state index is 12.3. The number of methoxy groups -OCH3 is 1. The lowest BCUT2D eigenvalue weighted by Crippen LogP contribution is -2.53. The van der Waals surface area contributed by atoms with Crippen LogP contribution in [0.25, 0.3) is 0 Å². The number of furan rings is 1. The molecule has 26 heavy (non-hydrogen) atoms. The summed E-state index contributed by atoms with van der Waals surface area (Å²) < 4.78 is 10.3. The molecule has 2 aromatic heterocycles. The van der Waals surface area contributed by atoms with Gasteiger partial charge in [-0.25, -0.2) is 4.98 Å². The molecule has 1 aliphatic heterocycles. The molecule has 138 valence electrons. The third-order valence-electron chi connectivity index (χ3n) is 4.27. The summed E-state index contributed by atoms with van der Waals surface area (Å²) in [4.78, 5) is 24.7. The number of carbonyl (C=O) groups excluding carboxylic acids is 1. The van der Waals surface area contributed by atoms with E-state index in [0.717, 1.165) is 11.5 Å². The van der Waals surface area contributed by atoms with Crippen LogP contribution in [0.4, 0.5) is 0 Å². The third kappa shape index (κ3) is 4.14. The van der Waals surface area contributed by atoms with Gasteiger partial charge in [0.05, 0.1) is 13.4 Å². The lowest BCUT2D eigenvalue weighted by Gasteiger charge is -2.36. The van der Waals surface area contributed by atoms with Crippen molar-refractivity contribution in [2.75, 3.05) is 40.3 Å². The minimum absolute atomic E-state index is 0.0681. The number of nitrogens with zero attached hydrogens (tertiary/aromatic N) is 4. The number of aliphatic imine (C=N–C) groups is 1. The molecule has 2 aromatic rings. The summed E-state index contributed by atoms with van der Waals surface area (Å²) in [6.45, 7) is 3.31. The Balaban J connectivity index is 1.53. The Morgan fingerprint density at radius 1 is 1.31 bits per heavy atom. The van der Waals surface area contributed by atoms with E-state index >= 15 is 0 Å². The monoisotopic (exact) mass is 357 g/mol. The van der Waals surface area contributed by atoms with E-state index in [1.165, 1.54) is 6.26 Å². The van der Waals surface area contributed by atoms with Crippen LogP contribution in [0.1, 0.15) is 16.1 Å². The second-order valence-electron chi connectivity index (χ2n) is 5.86. The molecule has 0 bridgehead atoms. The van der Waals surface area contributed by atoms with E-state index in [1.807, 2.05) is 12.1 Å². The molecule has 8 heteroatoms. The van der Waals surface area contributed by atoms with Crippen molar-refractivity contribution in [2.45, 2.75) is 6.54 Å². The number of guanidine groups is 1. The molecule has 0 spiro atoms. The standard InChI is InChI=1S/C18H23N5O3/c1-19-18(21-13-14-5-6-20-16(12-14)25-2)23-9-7-22(8-10-23)17(24)15-4-3-11-26-15/h3-6,11-12H,7-10,13H2,1-2H3,(H,19,21). The minimum Gasteiger partial charge on any atom is -0.481 e. The Hall–Kier alpha value is -3.03. The zero-order valence-electron chi connectivity index (χ0n) is 15.0. The van der Waals surface area contributed by atoms with Gasteiger partial charge in [-0.1, -0.05) is 0 Å². The van der Waals surface area contributed by atoms with Crippen LogP contribution in [0.3, 0.4) is 0 Å². The second-order valence-corrected chi connectivity index (χ2v) is 5.86. The summed E-state index contributed by atoms with van der Waals surface area (Å²) in [5, 5.41) is 3.35. The summed E-state index contributed by atoms with van der Waals surface area (Å²) in [6, 6.07) is 7.24. The average Bonchev–Trinajstić information content (AvgIpc) is 3.23. The van der Waals surface area contributed by atoms with Crippen molar-refractivity contribution in [3.63, 3.8) is 0 Å². The van der Waals surface area contributed by atoms with Gasteiger partial charge in [0.15, 0.2) is 11.7 Å². The predicted octanol–water partition coefficient (Wildman–Crippen LogP) is 1.22. The molecular formula is C18H23N5O3. The fourth-order valence-corrected chi connectivity index (χ4v) is 2.86. The van der Waals surface area contributed by atoms with Crippen LogP contribution in [0.2, 0.25) is 0 Å². The fourth-order valence-electron chi connectivity index (χ4n) is 2.86. The molecule has 3 heterocycles. The van der Waals surface area contributed by atoms with Crippen LogP contribution in [-0.2, 0) is 6.54 Å². The van der Waals surface area contributed by atoms with Crippen LogP contribution in [0.5, 0.6) is 5.88 Å². The van der Waals surface area contributed by atoms with E-state index in [-0.39, 0.29) is 5.91 Å². The normalized spacial score (nSPS) is 15.1. The largest absolute Gasteiger partial charge is 0.481 e. The first-order valence-corrected chi connectivity index (χ1v) is 8.48. The maximum Gasteiger partial charge on any atom is 0.289 e. The maximum atomic E-state index is 12.3. The average molecular weight is 357 g/mol. The highest BCUT2D eigenvalue weighted by atomic mass is 16.5. The van der Waals surface area contributed by atoms with Gasteiger partial charge in [0, 0.05) is 52.0 Å². The van der Waals surface area contributed by atoms with Gasteiger partial charge >= 0.3 is 0 Å². The van der Waals surface area contributed by atoms with Gasteiger partial charge in [-0.3, -0.25) is 9.79 Å². The van der Waals surface area contributed by atoms with E-state index < -0.39 is 0 Å². The molecule has 1 saturated heterocycles. The van der Waals surface area contributed by atoms with Crippen molar-refractivity contribution in [1.82, 2.24) is 20.1 Å². The fraction of sp³-hybridized carbons (Fsp3) is 0.389. The van der Waals surface area contributed by atoms with E-state index in [2.05, 4.69) is 20.2 Å². The third-order valence-corrected chi connectivity index (χ3v) is 4.27. The van der Waals surface area contributed by atoms with Crippen molar-refractivity contribution in [1.29, 1.82) is 0 Å². The number of hydrogen-bond donors (Lipinski definition) is 1. The predicted molar refractivity (Wildman–Crippen MR) is 97.2 cm³/mol. The van der Waals surface area contributed by atoms with Gasteiger partial charge in [0.2, 0.25) is 5.88 Å². The van der Waals surface area contributed by atoms with Gasteiger partial charge in [-0.05, 0) is 23.8 Å². The van der Waals surface area contributed by atoms with Gasteiger partial charge in [-0.2, -0.15) is 0 Å². The molecule has 0 atom stereocenters. The zero-order chi connectivity index (χ0) is 18.4. The zero-order valence-corrected chi connectivity index (χ0v) is 15.0. The van der Waals surface area contributed by atoms with Gasteiger partial charge < -0.3 is 24.3 Å². The minimum atomic E-state index is -0.0681. The number of ether oxygens (including phenoxy) is 1. The summed E-state index contributed by atoms with van der Waals surface area (Å²) in [5.74, 6) is 1.71. The molecule has 0 aliphatic carbocycles. The molecule has 3 rings (SSSR count). The van der Waals surface area contributed by atoms with Crippen molar-refractivity contribution in [3.8, 4) is 5.88 Å². The van der Waals surface area contributed by atoms with Crippen LogP contribution in [0.15, 0.2) is 46.1 Å².